The van der Waals surface area contributed by atoms with Gasteiger partial charge in [0.15, 0.2) is 6.10 Å². The lowest BCUT2D eigenvalue weighted by molar-refractivity contribution is -0.870. The molecule has 0 fully saturated rings. The maximum atomic E-state index is 13.0. The molecule has 0 spiro atoms. The maximum Gasteiger partial charge on any atom is 0.361 e. The monoisotopic (exact) mass is 1360 g/mol. The summed E-state index contributed by atoms with van der Waals surface area (Å²) in [5.74, 6) is -1.98. The first-order valence-electron chi connectivity index (χ1n) is 41.1. The minimum Gasteiger partial charge on any atom is -0.477 e. The van der Waals surface area contributed by atoms with Crippen LogP contribution in [0.15, 0.2) is 109 Å². The van der Waals surface area contributed by atoms with Crippen LogP contribution in [0.1, 0.15) is 373 Å². The normalized spacial score (nSPS) is 13.2. The standard InChI is InChI=1S/C88H155NO8/c1-6-8-10-12-14-16-18-20-22-24-26-28-30-32-34-36-38-39-40-41-42-43-44-45-46-47-49-51-53-55-57-59-61-63-65-67-69-71-73-75-77-79-86(91)97-84(83-96-88(87(92)93)94-81-80-89(3,4)5)82-95-85(90)78-76-74-72-70-68-66-64-62-60-58-56-54-52-50-48-37-35-33-31-29-27-25-23-21-19-17-15-13-11-9-7-2/h8-11,14-17,20-23,26-29,32,34,84,88H,6-7,12-13,18-19,24-25,30-31,33,35-83H2,1-5H3/p+1/b10-8-,11-9-,16-14-,17-15-,22-20-,23-21-,28-26-,29-27-,34-32-. The number of rotatable bonds is 76. The number of esters is 2. The molecule has 2 unspecified atom stereocenters. The van der Waals surface area contributed by atoms with Crippen molar-refractivity contribution < 1.29 is 42.9 Å². The lowest BCUT2D eigenvalue weighted by Gasteiger charge is -2.25. The molecule has 97 heavy (non-hydrogen) atoms. The summed E-state index contributed by atoms with van der Waals surface area (Å²) in [7, 11) is 5.99. The Hall–Kier alpha value is -4.05. The number of allylic oxidation sites excluding steroid dienone is 18. The smallest absolute Gasteiger partial charge is 0.361 e. The topological polar surface area (TPSA) is 108 Å². The number of quaternary nitrogens is 1. The van der Waals surface area contributed by atoms with Gasteiger partial charge < -0.3 is 28.5 Å². The van der Waals surface area contributed by atoms with Crippen molar-refractivity contribution in [3.8, 4) is 0 Å². The molecule has 1 N–H and O–H groups in total. The van der Waals surface area contributed by atoms with Crippen LogP contribution in [0.25, 0.3) is 0 Å². The zero-order chi connectivity index (χ0) is 70.4. The zero-order valence-corrected chi connectivity index (χ0v) is 64.2. The highest BCUT2D eigenvalue weighted by Gasteiger charge is 2.25. The lowest BCUT2D eigenvalue weighted by Crippen LogP contribution is -2.40. The van der Waals surface area contributed by atoms with E-state index >= 15 is 0 Å². The summed E-state index contributed by atoms with van der Waals surface area (Å²) in [6.07, 6.45) is 107. The van der Waals surface area contributed by atoms with E-state index in [9.17, 15) is 19.5 Å². The van der Waals surface area contributed by atoms with Gasteiger partial charge in [0.1, 0.15) is 13.2 Å². The Morgan fingerprint density at radius 2 is 0.557 bits per heavy atom. The number of nitrogens with zero attached hydrogens (tertiary/aromatic N) is 1. The Labute approximate surface area is 600 Å². The second kappa shape index (κ2) is 77.7. The number of hydrogen-bond donors (Lipinski definition) is 1. The van der Waals surface area contributed by atoms with Crippen molar-refractivity contribution >= 4 is 17.9 Å². The average molecular weight is 1360 g/mol. The summed E-state index contributed by atoms with van der Waals surface area (Å²) in [6, 6.07) is 0. The Balaban J connectivity index is 3.96. The number of carboxylic acid groups (broad SMARTS) is 1. The highest BCUT2D eigenvalue weighted by atomic mass is 16.7. The summed E-state index contributed by atoms with van der Waals surface area (Å²) >= 11 is 0. The van der Waals surface area contributed by atoms with Crippen LogP contribution in [0.5, 0.6) is 0 Å². The molecule has 0 aromatic heterocycles. The van der Waals surface area contributed by atoms with Crippen molar-refractivity contribution in [1.29, 1.82) is 0 Å². The first kappa shape index (κ1) is 93.0. The van der Waals surface area contributed by atoms with Gasteiger partial charge in [-0.2, -0.15) is 0 Å². The molecule has 0 aromatic rings. The summed E-state index contributed by atoms with van der Waals surface area (Å²) in [6.45, 7) is 4.70. The average Bonchev–Trinajstić information content (AvgIpc) is 3.27. The molecule has 0 bridgehead atoms. The minimum atomic E-state index is -1.51. The molecular formula is C88H156NO8+. The molecule has 0 saturated carbocycles. The third kappa shape index (κ3) is 79.2. The maximum absolute atomic E-state index is 13.0. The fourth-order valence-electron chi connectivity index (χ4n) is 11.9. The molecule has 0 radical (unpaired) electrons. The van der Waals surface area contributed by atoms with Gasteiger partial charge in [0, 0.05) is 12.8 Å². The Bertz CT molecular complexity index is 1970. The largest absolute Gasteiger partial charge is 0.477 e. The predicted octanol–water partition coefficient (Wildman–Crippen LogP) is 26.5. The second-order valence-corrected chi connectivity index (χ2v) is 28.7. The highest BCUT2D eigenvalue weighted by Crippen LogP contribution is 2.19. The van der Waals surface area contributed by atoms with Crippen LogP contribution >= 0.6 is 0 Å². The van der Waals surface area contributed by atoms with E-state index in [2.05, 4.69) is 123 Å². The van der Waals surface area contributed by atoms with Crippen LogP contribution in [0.3, 0.4) is 0 Å². The number of hydrogen-bond acceptors (Lipinski definition) is 7. The fourth-order valence-corrected chi connectivity index (χ4v) is 11.9. The molecule has 0 aliphatic rings. The molecule has 2 atom stereocenters. The van der Waals surface area contributed by atoms with Gasteiger partial charge in [-0.3, -0.25) is 9.59 Å². The van der Waals surface area contributed by atoms with Crippen LogP contribution in [0.4, 0.5) is 0 Å². The van der Waals surface area contributed by atoms with Gasteiger partial charge >= 0.3 is 17.9 Å². The van der Waals surface area contributed by atoms with Gasteiger partial charge in [0.2, 0.25) is 0 Å². The number of ether oxygens (including phenoxy) is 4. The van der Waals surface area contributed by atoms with Gasteiger partial charge in [0.05, 0.1) is 34.4 Å². The van der Waals surface area contributed by atoms with Crippen LogP contribution in [0, 0.1) is 0 Å². The van der Waals surface area contributed by atoms with Crippen LogP contribution < -0.4 is 0 Å². The number of carbonyl (C=O) groups excluding carboxylic acids is 2. The van der Waals surface area contributed by atoms with E-state index in [4.69, 9.17) is 18.9 Å². The van der Waals surface area contributed by atoms with E-state index in [-0.39, 0.29) is 38.2 Å². The van der Waals surface area contributed by atoms with E-state index in [1.165, 1.54) is 250 Å². The molecule has 0 rings (SSSR count). The Morgan fingerprint density at radius 1 is 0.309 bits per heavy atom. The minimum absolute atomic E-state index is 0.180. The van der Waals surface area contributed by atoms with Gasteiger partial charge in [-0.25, -0.2) is 4.79 Å². The number of carboxylic acids is 1. The zero-order valence-electron chi connectivity index (χ0n) is 64.2. The van der Waals surface area contributed by atoms with Crippen molar-refractivity contribution in [3.63, 3.8) is 0 Å². The number of carbonyl (C=O) groups is 3. The van der Waals surface area contributed by atoms with Gasteiger partial charge in [-0.05, 0) is 96.3 Å². The fraction of sp³-hybridized carbons (Fsp3) is 0.761. The van der Waals surface area contributed by atoms with Crippen molar-refractivity contribution in [2.75, 3.05) is 47.5 Å². The third-order valence-corrected chi connectivity index (χ3v) is 18.0. The van der Waals surface area contributed by atoms with Gasteiger partial charge in [-0.15, -0.1) is 0 Å². The van der Waals surface area contributed by atoms with Crippen molar-refractivity contribution in [1.82, 2.24) is 0 Å². The molecule has 0 aliphatic carbocycles. The molecule has 560 valence electrons. The highest BCUT2D eigenvalue weighted by molar-refractivity contribution is 5.71. The van der Waals surface area contributed by atoms with E-state index in [1.807, 2.05) is 21.1 Å². The van der Waals surface area contributed by atoms with Crippen molar-refractivity contribution in [2.24, 2.45) is 0 Å². The van der Waals surface area contributed by atoms with Crippen molar-refractivity contribution in [3.05, 3.63) is 109 Å². The van der Waals surface area contributed by atoms with Crippen LogP contribution in [-0.2, 0) is 33.3 Å². The molecule has 0 aliphatic heterocycles. The van der Waals surface area contributed by atoms with Gasteiger partial charge in [-0.1, -0.05) is 374 Å². The van der Waals surface area contributed by atoms with Crippen LogP contribution in [-0.4, -0.2) is 87.4 Å². The second-order valence-electron chi connectivity index (χ2n) is 28.7. The lowest BCUT2D eigenvalue weighted by atomic mass is 10.0. The first-order valence-corrected chi connectivity index (χ1v) is 41.1. The predicted molar refractivity (Wildman–Crippen MR) is 419 cm³/mol. The summed E-state index contributed by atoms with van der Waals surface area (Å²) < 4.78 is 23.1. The Morgan fingerprint density at radius 3 is 0.825 bits per heavy atom. The molecule has 9 nitrogen and oxygen atoms in total. The molecule has 9 heteroatoms. The number of aliphatic carboxylic acids is 1. The molecular weight excluding hydrogens is 1200 g/mol. The third-order valence-electron chi connectivity index (χ3n) is 18.0. The van der Waals surface area contributed by atoms with E-state index in [0.29, 0.717) is 17.4 Å². The quantitative estimate of drug-likeness (QED) is 0.0211. The van der Waals surface area contributed by atoms with Crippen LogP contribution in [0.2, 0.25) is 0 Å². The van der Waals surface area contributed by atoms with Gasteiger partial charge in [0.25, 0.3) is 6.29 Å². The first-order chi connectivity index (χ1) is 47.6. The summed E-state index contributed by atoms with van der Waals surface area (Å²) in [5.41, 5.74) is 0. The summed E-state index contributed by atoms with van der Waals surface area (Å²) in [5, 5.41) is 9.78. The number of likely N-dealkylation sites (N-methyl/N-ethyl adjacent to an activating group) is 1. The molecule has 0 aromatic carbocycles. The molecule has 0 saturated heterocycles. The van der Waals surface area contributed by atoms with Crippen molar-refractivity contribution in [2.45, 2.75) is 386 Å². The number of unbranched alkanes of at least 4 members (excludes halogenated alkanes) is 43. The van der Waals surface area contributed by atoms with E-state index in [1.54, 1.807) is 0 Å². The van der Waals surface area contributed by atoms with E-state index < -0.39 is 18.4 Å². The SMILES string of the molecule is CC/C=C\C/C=C\C/C=C\C/C=C\C/C=C\CCCCCCCCCCCCCCCCCCCCCCCCCCCC(=O)OC(COC(=O)CCCCCCCCCCCCCCCCCCCC/C=C\C/C=C\C/C=C\C/C=C\CC)COC(OCC[N+](C)(C)C)C(=O)O. The Kier molecular flexibility index (Phi) is 74.4. The molecule has 0 heterocycles. The van der Waals surface area contributed by atoms with E-state index in [0.717, 1.165) is 96.3 Å². The molecule has 0 amide bonds. The summed E-state index contributed by atoms with van der Waals surface area (Å²) in [4.78, 5) is 37.8.